The zero-order chi connectivity index (χ0) is 21.6. The number of carbonyl (C=O) groups excluding carboxylic acids is 3. The Morgan fingerprint density at radius 1 is 1.06 bits per heavy atom. The van der Waals surface area contributed by atoms with Crippen molar-refractivity contribution in [3.63, 3.8) is 0 Å². The first-order chi connectivity index (χ1) is 15.1. The van der Waals surface area contributed by atoms with E-state index in [1.807, 2.05) is 17.0 Å². The van der Waals surface area contributed by atoms with Crippen LogP contribution in [0.1, 0.15) is 52.0 Å². The molecule has 7 nitrogen and oxygen atoms in total. The normalized spacial score (nSPS) is 18.3. The van der Waals surface area contributed by atoms with Crippen molar-refractivity contribution in [2.45, 2.75) is 38.3 Å². The standard InChI is InChI=1S/C24H27N3O4/c28-22-11-4-12-27(22)16-17-6-3-7-18(14-17)23(29)26-21-10-2-1-9-20(21)24(30)25-15-19-8-5-13-31-19/h1-3,6-7,9-10,14,19H,4-5,8,11-13,15-16H2,(H,25,30)(H,26,29)/t19-/m1/s1. The molecular formula is C24H27N3O4. The van der Waals surface area contributed by atoms with E-state index in [4.69, 9.17) is 4.74 Å². The Balaban J connectivity index is 1.42. The molecule has 2 heterocycles. The van der Waals surface area contributed by atoms with E-state index in [1.165, 1.54) is 0 Å². The molecule has 0 bridgehead atoms. The van der Waals surface area contributed by atoms with Crippen LogP contribution in [0.2, 0.25) is 0 Å². The number of ether oxygens (including phenoxy) is 1. The molecule has 0 saturated carbocycles. The molecule has 3 amide bonds. The lowest BCUT2D eigenvalue weighted by molar-refractivity contribution is -0.128. The number of amides is 3. The fraction of sp³-hybridized carbons (Fsp3) is 0.375. The van der Waals surface area contributed by atoms with Crippen LogP contribution < -0.4 is 10.6 Å². The van der Waals surface area contributed by atoms with Gasteiger partial charge in [0, 0.05) is 38.2 Å². The van der Waals surface area contributed by atoms with Crippen LogP contribution in [0.5, 0.6) is 0 Å². The van der Waals surface area contributed by atoms with Gasteiger partial charge in [-0.3, -0.25) is 14.4 Å². The van der Waals surface area contributed by atoms with Crippen LogP contribution in [-0.2, 0) is 16.1 Å². The Bertz CT molecular complexity index is 969. The zero-order valence-corrected chi connectivity index (χ0v) is 17.4. The molecule has 2 N–H and O–H groups in total. The van der Waals surface area contributed by atoms with Gasteiger partial charge in [-0.25, -0.2) is 0 Å². The second-order valence-corrected chi connectivity index (χ2v) is 7.96. The Kier molecular flexibility index (Phi) is 6.62. The predicted molar refractivity (Wildman–Crippen MR) is 117 cm³/mol. The molecule has 2 fully saturated rings. The molecule has 31 heavy (non-hydrogen) atoms. The van der Waals surface area contributed by atoms with Crippen molar-refractivity contribution >= 4 is 23.4 Å². The zero-order valence-electron chi connectivity index (χ0n) is 17.4. The SMILES string of the molecule is O=C(Nc1ccccc1C(=O)NC[C@H]1CCCO1)c1cccc(CN2CCCC2=O)c1. The molecule has 2 saturated heterocycles. The first-order valence-corrected chi connectivity index (χ1v) is 10.8. The molecular weight excluding hydrogens is 394 g/mol. The van der Waals surface area contributed by atoms with E-state index in [1.54, 1.807) is 36.4 Å². The van der Waals surface area contributed by atoms with Gasteiger partial charge in [0.15, 0.2) is 0 Å². The number of nitrogens with one attached hydrogen (secondary N) is 2. The van der Waals surface area contributed by atoms with Crippen molar-refractivity contribution in [1.29, 1.82) is 0 Å². The fourth-order valence-electron chi connectivity index (χ4n) is 3.99. The maximum Gasteiger partial charge on any atom is 0.255 e. The summed E-state index contributed by atoms with van der Waals surface area (Å²) in [7, 11) is 0. The van der Waals surface area contributed by atoms with Crippen LogP contribution in [0.15, 0.2) is 48.5 Å². The average molecular weight is 421 g/mol. The van der Waals surface area contributed by atoms with Gasteiger partial charge in [0.1, 0.15) is 0 Å². The molecule has 2 aliphatic heterocycles. The second kappa shape index (κ2) is 9.75. The number of carbonyl (C=O) groups is 3. The van der Waals surface area contributed by atoms with E-state index < -0.39 is 0 Å². The number of benzene rings is 2. The van der Waals surface area contributed by atoms with Crippen molar-refractivity contribution in [1.82, 2.24) is 10.2 Å². The Morgan fingerprint density at radius 3 is 2.71 bits per heavy atom. The van der Waals surface area contributed by atoms with Gasteiger partial charge in [-0.1, -0.05) is 24.3 Å². The van der Waals surface area contributed by atoms with Gasteiger partial charge >= 0.3 is 0 Å². The molecule has 0 aliphatic carbocycles. The summed E-state index contributed by atoms with van der Waals surface area (Å²) in [5.41, 5.74) is 2.26. The first-order valence-electron chi connectivity index (χ1n) is 10.8. The number of nitrogens with zero attached hydrogens (tertiary/aromatic N) is 1. The van der Waals surface area contributed by atoms with E-state index in [0.717, 1.165) is 38.0 Å². The summed E-state index contributed by atoms with van der Waals surface area (Å²) in [6.45, 7) is 2.45. The van der Waals surface area contributed by atoms with Crippen LogP contribution in [-0.4, -0.2) is 48.4 Å². The number of hydrogen-bond acceptors (Lipinski definition) is 4. The maximum atomic E-state index is 12.9. The van der Waals surface area contributed by atoms with Crippen LogP contribution in [0.4, 0.5) is 5.69 Å². The third-order valence-electron chi connectivity index (χ3n) is 5.67. The highest BCUT2D eigenvalue weighted by molar-refractivity contribution is 6.09. The predicted octanol–water partition coefficient (Wildman–Crippen LogP) is 2.97. The number of likely N-dealkylation sites (tertiary alicyclic amines) is 1. The number of rotatable bonds is 7. The summed E-state index contributed by atoms with van der Waals surface area (Å²) >= 11 is 0. The van der Waals surface area contributed by atoms with Crippen LogP contribution in [0, 0.1) is 0 Å². The molecule has 0 radical (unpaired) electrons. The molecule has 0 spiro atoms. The number of anilines is 1. The summed E-state index contributed by atoms with van der Waals surface area (Å²) in [4.78, 5) is 39.2. The van der Waals surface area contributed by atoms with Crippen molar-refractivity contribution in [3.8, 4) is 0 Å². The van der Waals surface area contributed by atoms with E-state index >= 15 is 0 Å². The Hall–Kier alpha value is -3.19. The van der Waals surface area contributed by atoms with E-state index in [9.17, 15) is 14.4 Å². The highest BCUT2D eigenvalue weighted by Crippen LogP contribution is 2.19. The minimum absolute atomic E-state index is 0.0518. The first kappa shape index (κ1) is 21.1. The molecule has 2 aromatic rings. The monoisotopic (exact) mass is 421 g/mol. The number of para-hydroxylation sites is 1. The van der Waals surface area contributed by atoms with Crippen molar-refractivity contribution in [2.24, 2.45) is 0 Å². The van der Waals surface area contributed by atoms with Gasteiger partial charge in [-0.2, -0.15) is 0 Å². The van der Waals surface area contributed by atoms with Gasteiger partial charge in [-0.15, -0.1) is 0 Å². The van der Waals surface area contributed by atoms with Gasteiger partial charge in [0.05, 0.1) is 17.4 Å². The fourth-order valence-corrected chi connectivity index (χ4v) is 3.99. The van der Waals surface area contributed by atoms with Crippen molar-refractivity contribution in [3.05, 3.63) is 65.2 Å². The summed E-state index contributed by atoms with van der Waals surface area (Å²) in [5.74, 6) is -0.389. The lowest BCUT2D eigenvalue weighted by Gasteiger charge is -2.16. The topological polar surface area (TPSA) is 87.7 Å². The largest absolute Gasteiger partial charge is 0.376 e. The van der Waals surface area contributed by atoms with Crippen LogP contribution in [0.3, 0.4) is 0 Å². The second-order valence-electron chi connectivity index (χ2n) is 7.96. The molecule has 4 rings (SSSR count). The summed E-state index contributed by atoms with van der Waals surface area (Å²) in [6.07, 6.45) is 3.48. The molecule has 2 aliphatic rings. The minimum Gasteiger partial charge on any atom is -0.376 e. The third kappa shape index (κ3) is 5.30. The van der Waals surface area contributed by atoms with Crippen LogP contribution >= 0.6 is 0 Å². The lowest BCUT2D eigenvalue weighted by atomic mass is 10.1. The van der Waals surface area contributed by atoms with Gasteiger partial charge in [0.2, 0.25) is 5.91 Å². The third-order valence-corrected chi connectivity index (χ3v) is 5.67. The molecule has 0 unspecified atom stereocenters. The lowest BCUT2D eigenvalue weighted by Crippen LogP contribution is -2.32. The summed E-state index contributed by atoms with van der Waals surface area (Å²) in [5, 5.41) is 5.75. The molecule has 2 aromatic carbocycles. The van der Waals surface area contributed by atoms with Gasteiger partial charge < -0.3 is 20.3 Å². The molecule has 1 atom stereocenters. The van der Waals surface area contributed by atoms with Crippen LogP contribution in [0.25, 0.3) is 0 Å². The van der Waals surface area contributed by atoms with E-state index in [-0.39, 0.29) is 23.8 Å². The van der Waals surface area contributed by atoms with Gasteiger partial charge in [0.25, 0.3) is 11.8 Å². The Morgan fingerprint density at radius 2 is 1.94 bits per heavy atom. The maximum absolute atomic E-state index is 12.9. The van der Waals surface area contributed by atoms with Crippen molar-refractivity contribution < 1.29 is 19.1 Å². The van der Waals surface area contributed by atoms with E-state index in [2.05, 4.69) is 10.6 Å². The summed E-state index contributed by atoms with van der Waals surface area (Å²) < 4.78 is 5.55. The highest BCUT2D eigenvalue weighted by Gasteiger charge is 2.21. The molecule has 0 aromatic heterocycles. The Labute approximate surface area is 181 Å². The van der Waals surface area contributed by atoms with Crippen molar-refractivity contribution in [2.75, 3.05) is 25.0 Å². The smallest absolute Gasteiger partial charge is 0.255 e. The average Bonchev–Trinajstić information content (AvgIpc) is 3.45. The summed E-state index contributed by atoms with van der Waals surface area (Å²) in [6, 6.07) is 14.2. The van der Waals surface area contributed by atoms with Gasteiger partial charge in [-0.05, 0) is 49.1 Å². The highest BCUT2D eigenvalue weighted by atomic mass is 16.5. The molecule has 7 heteroatoms. The van der Waals surface area contributed by atoms with E-state index in [0.29, 0.717) is 36.3 Å². The number of hydrogen-bond donors (Lipinski definition) is 2. The quantitative estimate of drug-likeness (QED) is 0.720. The minimum atomic E-state index is -0.297. The molecule has 162 valence electrons.